The summed E-state index contributed by atoms with van der Waals surface area (Å²) in [5.41, 5.74) is 0.0826. The molecule has 0 amide bonds. The van der Waals surface area contributed by atoms with Crippen LogP contribution in [0.1, 0.15) is 20.3 Å². The lowest BCUT2D eigenvalue weighted by atomic mass is 10.1. The van der Waals surface area contributed by atoms with Gasteiger partial charge in [0, 0.05) is 23.8 Å². The number of carboxylic acids is 1. The second-order valence-corrected chi connectivity index (χ2v) is 2.46. The van der Waals surface area contributed by atoms with Crippen LogP contribution >= 0.6 is 0 Å². The van der Waals surface area contributed by atoms with E-state index >= 15 is 0 Å². The third-order valence-corrected chi connectivity index (χ3v) is 1.50. The van der Waals surface area contributed by atoms with Gasteiger partial charge in [-0.15, -0.1) is 0 Å². The monoisotopic (exact) mass is 173 g/mol. The van der Waals surface area contributed by atoms with Crippen LogP contribution in [0.4, 0.5) is 0 Å². The number of hydrogen-bond donors (Lipinski definition) is 1. The molecule has 1 unspecified atom stereocenters. The van der Waals surface area contributed by atoms with E-state index in [0.29, 0.717) is 0 Å². The van der Waals surface area contributed by atoms with Crippen molar-refractivity contribution in [1.29, 1.82) is 0 Å². The minimum atomic E-state index is -1.09. The molecule has 0 aliphatic heterocycles. The summed E-state index contributed by atoms with van der Waals surface area (Å²) in [5.74, 6) is -1.09. The summed E-state index contributed by atoms with van der Waals surface area (Å²) in [6.45, 7) is 2.93. The lowest BCUT2D eigenvalue weighted by molar-refractivity contribution is -0.517. The molecular weight excluding hydrogens is 162 g/mol. The predicted molar refractivity (Wildman–Crippen MR) is 42.5 cm³/mol. The van der Waals surface area contributed by atoms with Crippen molar-refractivity contribution in [1.82, 2.24) is 0 Å². The lowest BCUT2D eigenvalue weighted by Gasteiger charge is -2.03. The Kier molecular flexibility index (Phi) is 3.96. The zero-order chi connectivity index (χ0) is 9.72. The molecule has 0 spiro atoms. The lowest BCUT2D eigenvalue weighted by Crippen LogP contribution is -2.18. The smallest absolute Gasteiger partial charge is 0.331 e. The van der Waals surface area contributed by atoms with Gasteiger partial charge in [-0.2, -0.15) is 0 Å². The molecule has 1 atom stereocenters. The number of rotatable bonds is 4. The van der Waals surface area contributed by atoms with Crippen molar-refractivity contribution in [2.45, 2.75) is 26.3 Å². The van der Waals surface area contributed by atoms with Gasteiger partial charge in [0.15, 0.2) is 0 Å². The fraction of sp³-hybridized carbons (Fsp3) is 0.571. The number of nitrogens with zero attached hydrogens (tertiary/aromatic N) is 1. The predicted octanol–water partition coefficient (Wildman–Crippen LogP) is 1.07. The van der Waals surface area contributed by atoms with Crippen LogP contribution in [-0.2, 0) is 4.79 Å². The van der Waals surface area contributed by atoms with Gasteiger partial charge in [0.05, 0.1) is 0 Å². The van der Waals surface area contributed by atoms with Crippen LogP contribution < -0.4 is 0 Å². The van der Waals surface area contributed by atoms with Crippen LogP contribution in [0.5, 0.6) is 0 Å². The highest BCUT2D eigenvalue weighted by Crippen LogP contribution is 2.07. The van der Waals surface area contributed by atoms with Crippen molar-refractivity contribution in [3.8, 4) is 0 Å². The van der Waals surface area contributed by atoms with Crippen LogP contribution in [0, 0.1) is 10.1 Å². The van der Waals surface area contributed by atoms with E-state index in [1.807, 2.05) is 0 Å². The molecule has 0 aromatic carbocycles. The molecule has 5 heteroatoms. The highest BCUT2D eigenvalue weighted by Gasteiger charge is 2.18. The maximum atomic E-state index is 10.4. The van der Waals surface area contributed by atoms with Crippen molar-refractivity contribution in [2.24, 2.45) is 0 Å². The van der Waals surface area contributed by atoms with E-state index in [2.05, 4.69) is 0 Å². The Morgan fingerprint density at radius 2 is 2.25 bits per heavy atom. The molecule has 5 nitrogen and oxygen atoms in total. The van der Waals surface area contributed by atoms with Crippen LogP contribution in [0.3, 0.4) is 0 Å². The fourth-order valence-electron chi connectivity index (χ4n) is 0.721. The molecule has 12 heavy (non-hydrogen) atoms. The molecule has 0 aliphatic rings. The fourth-order valence-corrected chi connectivity index (χ4v) is 0.721. The van der Waals surface area contributed by atoms with Crippen LogP contribution in [0.2, 0.25) is 0 Å². The van der Waals surface area contributed by atoms with Crippen LogP contribution in [-0.4, -0.2) is 22.0 Å². The summed E-state index contributed by atoms with van der Waals surface area (Å²) < 4.78 is 0. The molecule has 68 valence electrons. The summed E-state index contributed by atoms with van der Waals surface area (Å²) in [4.78, 5) is 20.1. The zero-order valence-electron chi connectivity index (χ0n) is 6.98. The van der Waals surface area contributed by atoms with Crippen molar-refractivity contribution < 1.29 is 14.8 Å². The molecule has 0 fully saturated rings. The molecule has 0 aromatic rings. The highest BCUT2D eigenvalue weighted by atomic mass is 16.6. The third-order valence-electron chi connectivity index (χ3n) is 1.50. The molecule has 0 radical (unpaired) electrons. The Labute approximate surface area is 69.8 Å². The van der Waals surface area contributed by atoms with Gasteiger partial charge < -0.3 is 5.11 Å². The Morgan fingerprint density at radius 1 is 1.75 bits per heavy atom. The minimum Gasteiger partial charge on any atom is -0.478 e. The number of hydrogen-bond acceptors (Lipinski definition) is 3. The number of allylic oxidation sites excluding steroid dienone is 1. The molecular formula is C7H11NO4. The van der Waals surface area contributed by atoms with Crippen LogP contribution in [0.15, 0.2) is 11.6 Å². The molecule has 1 N–H and O–H groups in total. The SMILES string of the molecule is CC=C(CC(C)[N+](=O)[O-])C(=O)O. The first kappa shape index (κ1) is 10.6. The zero-order valence-corrected chi connectivity index (χ0v) is 6.98. The summed E-state index contributed by atoms with van der Waals surface area (Å²) in [6.07, 6.45) is 1.35. The highest BCUT2D eigenvalue weighted by molar-refractivity contribution is 5.86. The van der Waals surface area contributed by atoms with Gasteiger partial charge in [-0.25, -0.2) is 4.79 Å². The Balaban J connectivity index is 4.23. The molecule has 0 saturated heterocycles. The Bertz CT molecular complexity index is 221. The number of carboxylic acid groups (broad SMARTS) is 1. The molecule has 0 heterocycles. The molecule has 0 aromatic heterocycles. The van der Waals surface area contributed by atoms with E-state index in [0.717, 1.165) is 0 Å². The maximum Gasteiger partial charge on any atom is 0.331 e. The average molecular weight is 173 g/mol. The molecule has 0 rings (SSSR count). The first-order valence-corrected chi connectivity index (χ1v) is 3.51. The second kappa shape index (κ2) is 4.48. The number of aliphatic carboxylic acids is 1. The van der Waals surface area contributed by atoms with E-state index in [1.54, 1.807) is 6.92 Å². The number of carbonyl (C=O) groups is 1. The average Bonchev–Trinajstić information content (AvgIpc) is 1.98. The van der Waals surface area contributed by atoms with E-state index in [1.165, 1.54) is 13.0 Å². The van der Waals surface area contributed by atoms with Crippen molar-refractivity contribution in [3.63, 3.8) is 0 Å². The number of nitro groups is 1. The maximum absolute atomic E-state index is 10.4. The van der Waals surface area contributed by atoms with E-state index < -0.39 is 16.9 Å². The Morgan fingerprint density at radius 3 is 2.50 bits per heavy atom. The quantitative estimate of drug-likeness (QED) is 0.391. The van der Waals surface area contributed by atoms with Crippen molar-refractivity contribution >= 4 is 5.97 Å². The van der Waals surface area contributed by atoms with Crippen molar-refractivity contribution in [3.05, 3.63) is 21.8 Å². The summed E-state index contributed by atoms with van der Waals surface area (Å²) in [7, 11) is 0. The van der Waals surface area contributed by atoms with Gasteiger partial charge in [0.2, 0.25) is 6.04 Å². The van der Waals surface area contributed by atoms with Crippen LogP contribution in [0.25, 0.3) is 0 Å². The van der Waals surface area contributed by atoms with Gasteiger partial charge in [-0.05, 0) is 6.92 Å². The standard InChI is InChI=1S/C7H11NO4/c1-3-6(7(9)10)4-5(2)8(11)12/h3,5H,4H2,1-2H3,(H,9,10). The van der Waals surface area contributed by atoms with Gasteiger partial charge in [-0.3, -0.25) is 10.1 Å². The van der Waals surface area contributed by atoms with E-state index in [9.17, 15) is 14.9 Å². The first-order valence-electron chi connectivity index (χ1n) is 3.51. The summed E-state index contributed by atoms with van der Waals surface area (Å²) in [5, 5.41) is 18.7. The van der Waals surface area contributed by atoms with Gasteiger partial charge >= 0.3 is 5.97 Å². The topological polar surface area (TPSA) is 80.4 Å². The second-order valence-electron chi connectivity index (χ2n) is 2.46. The van der Waals surface area contributed by atoms with E-state index in [4.69, 9.17) is 5.11 Å². The summed E-state index contributed by atoms with van der Waals surface area (Å²) >= 11 is 0. The largest absolute Gasteiger partial charge is 0.478 e. The normalized spacial score (nSPS) is 14.0. The molecule has 0 bridgehead atoms. The van der Waals surface area contributed by atoms with Crippen molar-refractivity contribution in [2.75, 3.05) is 0 Å². The third kappa shape index (κ3) is 3.14. The van der Waals surface area contributed by atoms with Gasteiger partial charge in [-0.1, -0.05) is 6.08 Å². The summed E-state index contributed by atoms with van der Waals surface area (Å²) in [6, 6.07) is -0.840. The van der Waals surface area contributed by atoms with E-state index in [-0.39, 0.29) is 12.0 Å². The minimum absolute atomic E-state index is 0.0289. The molecule has 0 saturated carbocycles. The van der Waals surface area contributed by atoms with Gasteiger partial charge in [0.25, 0.3) is 0 Å². The molecule has 0 aliphatic carbocycles. The Hall–Kier alpha value is -1.39. The first-order chi connectivity index (χ1) is 5.49. The van der Waals surface area contributed by atoms with Gasteiger partial charge in [0.1, 0.15) is 0 Å².